The molecule has 3 rings (SSSR count). The van der Waals surface area contributed by atoms with Crippen LogP contribution in [0, 0.1) is 5.82 Å². The average molecular weight is 298 g/mol. The molecule has 112 valence electrons. The van der Waals surface area contributed by atoms with Crippen molar-refractivity contribution >= 4 is 5.69 Å². The fourth-order valence-corrected chi connectivity index (χ4v) is 2.01. The molecule has 3 aromatic rings. The van der Waals surface area contributed by atoms with E-state index in [2.05, 4.69) is 10.3 Å². The number of nitrogens with zero attached hydrogens (tertiary/aromatic N) is 1. The molecule has 0 saturated carbocycles. The van der Waals surface area contributed by atoms with Gasteiger partial charge in [0.15, 0.2) is 0 Å². The van der Waals surface area contributed by atoms with Gasteiger partial charge in [0.05, 0.1) is 19.3 Å². The molecule has 1 N–H and O–H groups in total. The second kappa shape index (κ2) is 6.30. The number of hydrogen-bond acceptors (Lipinski definition) is 4. The number of ether oxygens (including phenoxy) is 1. The van der Waals surface area contributed by atoms with Crippen molar-refractivity contribution in [3.05, 3.63) is 66.3 Å². The summed E-state index contributed by atoms with van der Waals surface area (Å²) in [5, 5.41) is 3.25. The van der Waals surface area contributed by atoms with Crippen LogP contribution >= 0.6 is 0 Å². The first-order valence-corrected chi connectivity index (χ1v) is 6.83. The van der Waals surface area contributed by atoms with Crippen LogP contribution in [-0.2, 0) is 6.54 Å². The Morgan fingerprint density at radius 1 is 1.09 bits per heavy atom. The number of rotatable bonds is 5. The predicted octanol–water partition coefficient (Wildman–Crippen LogP) is 4.10. The summed E-state index contributed by atoms with van der Waals surface area (Å²) in [6.07, 6.45) is 1.59. The third-order valence-corrected chi connectivity index (χ3v) is 3.21. The Bertz CT molecular complexity index is 736. The van der Waals surface area contributed by atoms with Crippen LogP contribution in [0.4, 0.5) is 10.1 Å². The molecular formula is C17H15FN2O2. The summed E-state index contributed by atoms with van der Waals surface area (Å²) < 4.78 is 23.4. The molecule has 0 aliphatic carbocycles. The van der Waals surface area contributed by atoms with Gasteiger partial charge in [-0.15, -0.1) is 0 Å². The number of aromatic nitrogens is 1. The van der Waals surface area contributed by atoms with Crippen molar-refractivity contribution in [1.82, 2.24) is 4.98 Å². The Balaban J connectivity index is 1.65. The van der Waals surface area contributed by atoms with Gasteiger partial charge in [0.25, 0.3) is 0 Å². The van der Waals surface area contributed by atoms with E-state index in [-0.39, 0.29) is 5.82 Å². The highest BCUT2D eigenvalue weighted by atomic mass is 19.1. The molecule has 0 saturated heterocycles. The highest BCUT2D eigenvalue weighted by molar-refractivity contribution is 5.53. The first-order chi connectivity index (χ1) is 10.7. The highest BCUT2D eigenvalue weighted by Gasteiger charge is 2.06. The molecule has 0 fully saturated rings. The number of anilines is 1. The van der Waals surface area contributed by atoms with Crippen molar-refractivity contribution in [1.29, 1.82) is 0 Å². The lowest BCUT2D eigenvalue weighted by Crippen LogP contribution is -1.99. The van der Waals surface area contributed by atoms with Crippen molar-refractivity contribution in [2.75, 3.05) is 12.4 Å². The molecule has 0 spiro atoms. The Labute approximate surface area is 127 Å². The van der Waals surface area contributed by atoms with Crippen LogP contribution < -0.4 is 10.1 Å². The molecule has 5 heteroatoms. The molecule has 22 heavy (non-hydrogen) atoms. The maximum Gasteiger partial charge on any atom is 0.226 e. The van der Waals surface area contributed by atoms with Gasteiger partial charge < -0.3 is 14.5 Å². The van der Waals surface area contributed by atoms with Gasteiger partial charge in [0.2, 0.25) is 5.89 Å². The zero-order valence-corrected chi connectivity index (χ0v) is 12.0. The summed E-state index contributed by atoms with van der Waals surface area (Å²) in [5.41, 5.74) is 2.49. The smallest absolute Gasteiger partial charge is 0.226 e. The molecule has 0 atom stereocenters. The van der Waals surface area contributed by atoms with Crippen LogP contribution in [-0.4, -0.2) is 12.1 Å². The summed E-state index contributed by atoms with van der Waals surface area (Å²) in [5.74, 6) is 1.01. The monoisotopic (exact) mass is 298 g/mol. The van der Waals surface area contributed by atoms with E-state index in [4.69, 9.17) is 9.15 Å². The van der Waals surface area contributed by atoms with Gasteiger partial charge in [-0.25, -0.2) is 9.37 Å². The van der Waals surface area contributed by atoms with E-state index in [9.17, 15) is 4.39 Å². The summed E-state index contributed by atoms with van der Waals surface area (Å²) in [6.45, 7) is 0.539. The number of hydrogen-bond donors (Lipinski definition) is 1. The van der Waals surface area contributed by atoms with E-state index in [1.54, 1.807) is 25.5 Å². The molecule has 0 aliphatic heterocycles. The van der Waals surface area contributed by atoms with E-state index >= 15 is 0 Å². The first-order valence-electron chi connectivity index (χ1n) is 6.83. The first kappa shape index (κ1) is 14.1. The SMILES string of the molecule is COc1ccc(NCc2coc(-c3ccc(F)cc3)n2)cc1. The fourth-order valence-electron chi connectivity index (χ4n) is 2.01. The summed E-state index contributed by atoms with van der Waals surface area (Å²) in [4.78, 5) is 4.38. The second-order valence-corrected chi connectivity index (χ2v) is 4.73. The average Bonchev–Trinajstić information content (AvgIpc) is 3.03. The van der Waals surface area contributed by atoms with Crippen LogP contribution in [0.1, 0.15) is 5.69 Å². The van der Waals surface area contributed by atoms with Gasteiger partial charge in [-0.3, -0.25) is 0 Å². The number of benzene rings is 2. The van der Waals surface area contributed by atoms with E-state index in [1.165, 1.54) is 12.1 Å². The summed E-state index contributed by atoms with van der Waals surface area (Å²) in [6, 6.07) is 13.7. The molecule has 0 unspecified atom stereocenters. The summed E-state index contributed by atoms with van der Waals surface area (Å²) >= 11 is 0. The van der Waals surface area contributed by atoms with Crippen molar-refractivity contribution in [3.8, 4) is 17.2 Å². The zero-order chi connectivity index (χ0) is 15.4. The normalized spacial score (nSPS) is 10.5. The molecule has 0 radical (unpaired) electrons. The molecule has 2 aromatic carbocycles. The minimum absolute atomic E-state index is 0.281. The quantitative estimate of drug-likeness (QED) is 0.770. The Hall–Kier alpha value is -2.82. The standard InChI is InChI=1S/C17H15FN2O2/c1-21-16-8-6-14(7-9-16)19-10-15-11-22-17(20-15)12-2-4-13(18)5-3-12/h2-9,11,19H,10H2,1H3. The Morgan fingerprint density at radius 2 is 1.82 bits per heavy atom. The minimum Gasteiger partial charge on any atom is -0.497 e. The molecule has 0 amide bonds. The maximum absolute atomic E-state index is 12.9. The van der Waals surface area contributed by atoms with E-state index in [0.717, 1.165) is 22.7 Å². The lowest BCUT2D eigenvalue weighted by molar-refractivity contribution is 0.415. The van der Waals surface area contributed by atoms with Gasteiger partial charge in [-0.05, 0) is 48.5 Å². The third-order valence-electron chi connectivity index (χ3n) is 3.21. The molecular weight excluding hydrogens is 283 g/mol. The zero-order valence-electron chi connectivity index (χ0n) is 12.0. The van der Waals surface area contributed by atoms with Crippen LogP contribution in [0.2, 0.25) is 0 Å². The van der Waals surface area contributed by atoms with Gasteiger partial charge >= 0.3 is 0 Å². The number of methoxy groups -OCH3 is 1. The minimum atomic E-state index is -0.281. The van der Waals surface area contributed by atoms with Gasteiger partial charge in [-0.2, -0.15) is 0 Å². The molecule has 1 heterocycles. The van der Waals surface area contributed by atoms with Gasteiger partial charge in [0.1, 0.15) is 17.8 Å². The van der Waals surface area contributed by atoms with Crippen molar-refractivity contribution in [2.24, 2.45) is 0 Å². The number of oxazole rings is 1. The number of halogens is 1. The van der Waals surface area contributed by atoms with Gasteiger partial charge in [-0.1, -0.05) is 0 Å². The topological polar surface area (TPSA) is 47.3 Å². The predicted molar refractivity (Wildman–Crippen MR) is 82.2 cm³/mol. The lowest BCUT2D eigenvalue weighted by atomic mass is 10.2. The van der Waals surface area contributed by atoms with E-state index in [1.807, 2.05) is 24.3 Å². The molecule has 0 bridgehead atoms. The van der Waals surface area contributed by atoms with Crippen molar-refractivity contribution in [2.45, 2.75) is 6.54 Å². The maximum atomic E-state index is 12.9. The van der Waals surface area contributed by atoms with Crippen LogP contribution in [0.3, 0.4) is 0 Å². The van der Waals surface area contributed by atoms with Crippen LogP contribution in [0.25, 0.3) is 11.5 Å². The van der Waals surface area contributed by atoms with E-state index in [0.29, 0.717) is 12.4 Å². The largest absolute Gasteiger partial charge is 0.497 e. The van der Waals surface area contributed by atoms with E-state index < -0.39 is 0 Å². The lowest BCUT2D eigenvalue weighted by Gasteiger charge is -2.05. The summed E-state index contributed by atoms with van der Waals surface area (Å²) in [7, 11) is 1.63. The van der Waals surface area contributed by atoms with Crippen LogP contribution in [0.5, 0.6) is 5.75 Å². The fraction of sp³-hybridized carbons (Fsp3) is 0.118. The Morgan fingerprint density at radius 3 is 2.50 bits per heavy atom. The van der Waals surface area contributed by atoms with Gasteiger partial charge in [0, 0.05) is 11.3 Å². The van der Waals surface area contributed by atoms with Crippen molar-refractivity contribution < 1.29 is 13.5 Å². The second-order valence-electron chi connectivity index (χ2n) is 4.73. The molecule has 0 aliphatic rings. The Kier molecular flexibility index (Phi) is 4.05. The number of nitrogens with one attached hydrogen (secondary N) is 1. The van der Waals surface area contributed by atoms with Crippen LogP contribution in [0.15, 0.2) is 59.2 Å². The molecule has 4 nitrogen and oxygen atoms in total. The third kappa shape index (κ3) is 3.25. The molecule has 1 aromatic heterocycles. The highest BCUT2D eigenvalue weighted by Crippen LogP contribution is 2.20. The van der Waals surface area contributed by atoms with Crippen molar-refractivity contribution in [3.63, 3.8) is 0 Å².